The summed E-state index contributed by atoms with van der Waals surface area (Å²) in [4.78, 5) is 34.1. The Morgan fingerprint density at radius 3 is 2.56 bits per heavy atom. The summed E-state index contributed by atoms with van der Waals surface area (Å²) in [7, 11) is 0. The van der Waals surface area contributed by atoms with Gasteiger partial charge in [-0.2, -0.15) is 4.57 Å². The van der Waals surface area contributed by atoms with E-state index >= 15 is 0 Å². The molecule has 0 bridgehead atoms. The highest BCUT2D eigenvalue weighted by molar-refractivity contribution is 5.74. The third kappa shape index (κ3) is 1.93. The number of primary amides is 1. The standard InChI is InChI=1S/C11H8FN3O3/c12-7-2-1-3-8(6-7)14-5-4-9(16)15(10(13)17)11(14)18/h1-6H,(H2,13,17). The minimum atomic E-state index is -1.18. The van der Waals surface area contributed by atoms with Crippen LogP contribution >= 0.6 is 0 Å². The first-order chi connectivity index (χ1) is 8.50. The number of hydrogen-bond acceptors (Lipinski definition) is 3. The minimum Gasteiger partial charge on any atom is -0.351 e. The lowest BCUT2D eigenvalue weighted by Crippen LogP contribution is -2.45. The van der Waals surface area contributed by atoms with Crippen molar-refractivity contribution >= 4 is 6.03 Å². The zero-order valence-corrected chi connectivity index (χ0v) is 9.04. The monoisotopic (exact) mass is 249 g/mol. The Bertz CT molecular complexity index is 733. The highest BCUT2D eigenvalue weighted by Crippen LogP contribution is 2.06. The topological polar surface area (TPSA) is 87.1 Å². The van der Waals surface area contributed by atoms with Crippen LogP contribution in [0.4, 0.5) is 9.18 Å². The summed E-state index contributed by atoms with van der Waals surface area (Å²) in [5.74, 6) is -0.545. The van der Waals surface area contributed by atoms with E-state index in [2.05, 4.69) is 0 Å². The first-order valence-corrected chi connectivity index (χ1v) is 4.91. The van der Waals surface area contributed by atoms with Gasteiger partial charge in [-0.15, -0.1) is 0 Å². The number of rotatable bonds is 1. The lowest BCUT2D eigenvalue weighted by atomic mass is 10.3. The van der Waals surface area contributed by atoms with Gasteiger partial charge < -0.3 is 5.73 Å². The SMILES string of the molecule is NC(=O)n1c(=O)ccn(-c2cccc(F)c2)c1=O. The van der Waals surface area contributed by atoms with Crippen LogP contribution in [0.25, 0.3) is 5.69 Å². The molecule has 2 N–H and O–H groups in total. The first-order valence-electron chi connectivity index (χ1n) is 4.91. The molecule has 0 radical (unpaired) electrons. The number of aromatic nitrogens is 2. The molecule has 1 aromatic carbocycles. The molecule has 1 heterocycles. The smallest absolute Gasteiger partial charge is 0.343 e. The molecule has 7 heteroatoms. The quantitative estimate of drug-likeness (QED) is 0.775. The molecule has 2 rings (SSSR count). The van der Waals surface area contributed by atoms with E-state index in [0.717, 1.165) is 22.9 Å². The van der Waals surface area contributed by atoms with Crippen molar-refractivity contribution in [3.05, 3.63) is 63.2 Å². The van der Waals surface area contributed by atoms with Gasteiger partial charge >= 0.3 is 11.7 Å². The Morgan fingerprint density at radius 1 is 1.22 bits per heavy atom. The zero-order chi connectivity index (χ0) is 13.3. The Morgan fingerprint density at radius 2 is 1.94 bits per heavy atom. The molecular formula is C11H8FN3O3. The number of benzene rings is 1. The molecule has 1 aromatic heterocycles. The average molecular weight is 249 g/mol. The van der Waals surface area contributed by atoms with Gasteiger partial charge in [0, 0.05) is 12.3 Å². The van der Waals surface area contributed by atoms with Gasteiger partial charge in [-0.3, -0.25) is 9.36 Å². The molecule has 6 nitrogen and oxygen atoms in total. The van der Waals surface area contributed by atoms with Gasteiger partial charge in [-0.1, -0.05) is 6.07 Å². The van der Waals surface area contributed by atoms with Gasteiger partial charge in [0.2, 0.25) is 0 Å². The van der Waals surface area contributed by atoms with Gasteiger partial charge in [-0.25, -0.2) is 14.0 Å². The van der Waals surface area contributed by atoms with Crippen molar-refractivity contribution in [1.82, 2.24) is 9.13 Å². The summed E-state index contributed by atoms with van der Waals surface area (Å²) in [6.07, 6.45) is 1.15. The lowest BCUT2D eigenvalue weighted by Gasteiger charge is -2.07. The summed E-state index contributed by atoms with van der Waals surface area (Å²) < 4.78 is 14.3. The molecule has 0 saturated heterocycles. The maximum absolute atomic E-state index is 13.0. The van der Waals surface area contributed by atoms with E-state index in [1.165, 1.54) is 18.2 Å². The van der Waals surface area contributed by atoms with Crippen LogP contribution in [0.15, 0.2) is 46.1 Å². The summed E-state index contributed by atoms with van der Waals surface area (Å²) >= 11 is 0. The maximum atomic E-state index is 13.0. The van der Waals surface area contributed by atoms with Crippen LogP contribution in [0.1, 0.15) is 0 Å². The van der Waals surface area contributed by atoms with Gasteiger partial charge in [0.25, 0.3) is 5.56 Å². The molecule has 0 spiro atoms. The Hall–Kier alpha value is -2.70. The Balaban J connectivity index is 2.75. The number of halogens is 1. The highest BCUT2D eigenvalue weighted by atomic mass is 19.1. The van der Waals surface area contributed by atoms with E-state index in [0.29, 0.717) is 0 Å². The summed E-state index contributed by atoms with van der Waals surface area (Å²) in [6, 6.07) is 4.97. The van der Waals surface area contributed by atoms with E-state index in [4.69, 9.17) is 5.73 Å². The van der Waals surface area contributed by atoms with Gasteiger partial charge in [0.05, 0.1) is 5.69 Å². The molecule has 1 amide bonds. The van der Waals surface area contributed by atoms with Crippen LogP contribution in [0.5, 0.6) is 0 Å². The largest absolute Gasteiger partial charge is 0.351 e. The van der Waals surface area contributed by atoms with E-state index < -0.39 is 23.1 Å². The predicted octanol–water partition coefficient (Wildman–Crippen LogP) is 0.0651. The normalized spacial score (nSPS) is 10.3. The summed E-state index contributed by atoms with van der Waals surface area (Å²) in [6.45, 7) is 0. The van der Waals surface area contributed by atoms with Crippen molar-refractivity contribution in [2.45, 2.75) is 0 Å². The number of amides is 1. The molecule has 2 aromatic rings. The maximum Gasteiger partial charge on any atom is 0.343 e. The van der Waals surface area contributed by atoms with Crippen LogP contribution in [0.3, 0.4) is 0 Å². The van der Waals surface area contributed by atoms with Crippen LogP contribution in [-0.2, 0) is 0 Å². The predicted molar refractivity (Wildman–Crippen MR) is 61.2 cm³/mol. The molecule has 0 saturated carbocycles. The van der Waals surface area contributed by atoms with E-state index in [9.17, 15) is 18.8 Å². The molecule has 0 aliphatic heterocycles. The second-order valence-electron chi connectivity index (χ2n) is 3.46. The second kappa shape index (κ2) is 4.28. The zero-order valence-electron chi connectivity index (χ0n) is 9.04. The molecule has 92 valence electrons. The number of nitrogens with zero attached hydrogens (tertiary/aromatic N) is 2. The minimum absolute atomic E-state index is 0.190. The van der Waals surface area contributed by atoms with E-state index in [1.54, 1.807) is 0 Å². The van der Waals surface area contributed by atoms with Crippen LogP contribution < -0.4 is 17.0 Å². The third-order valence-electron chi connectivity index (χ3n) is 2.29. The van der Waals surface area contributed by atoms with Crippen molar-refractivity contribution in [3.8, 4) is 5.69 Å². The summed E-state index contributed by atoms with van der Waals surface area (Å²) in [5, 5.41) is 0. The Kier molecular flexibility index (Phi) is 2.80. The van der Waals surface area contributed by atoms with Crippen molar-refractivity contribution in [1.29, 1.82) is 0 Å². The number of carbonyl (C=O) groups is 1. The molecule has 0 aliphatic rings. The van der Waals surface area contributed by atoms with E-state index in [1.807, 2.05) is 0 Å². The average Bonchev–Trinajstić information content (AvgIpc) is 2.28. The molecule has 0 fully saturated rings. The highest BCUT2D eigenvalue weighted by Gasteiger charge is 2.10. The van der Waals surface area contributed by atoms with Gasteiger partial charge in [0.1, 0.15) is 5.82 Å². The molecule has 0 aliphatic carbocycles. The van der Waals surface area contributed by atoms with Gasteiger partial charge in [0.15, 0.2) is 0 Å². The summed E-state index contributed by atoms with van der Waals surface area (Å²) in [5.41, 5.74) is 3.34. The molecule has 0 atom stereocenters. The van der Waals surface area contributed by atoms with E-state index in [-0.39, 0.29) is 10.3 Å². The van der Waals surface area contributed by atoms with Crippen LogP contribution in [0.2, 0.25) is 0 Å². The lowest BCUT2D eigenvalue weighted by molar-refractivity contribution is 0.248. The van der Waals surface area contributed by atoms with Crippen molar-refractivity contribution in [3.63, 3.8) is 0 Å². The van der Waals surface area contributed by atoms with Crippen molar-refractivity contribution in [2.75, 3.05) is 0 Å². The molecule has 0 unspecified atom stereocenters. The van der Waals surface area contributed by atoms with Crippen LogP contribution in [0, 0.1) is 5.82 Å². The van der Waals surface area contributed by atoms with Crippen LogP contribution in [-0.4, -0.2) is 15.2 Å². The fourth-order valence-corrected chi connectivity index (χ4v) is 1.50. The third-order valence-corrected chi connectivity index (χ3v) is 2.29. The van der Waals surface area contributed by atoms with Crippen molar-refractivity contribution in [2.24, 2.45) is 5.73 Å². The fraction of sp³-hybridized carbons (Fsp3) is 0. The first kappa shape index (κ1) is 11.8. The number of carbonyl (C=O) groups excluding carboxylic acids is 1. The van der Waals surface area contributed by atoms with Gasteiger partial charge in [-0.05, 0) is 18.2 Å². The number of hydrogen-bond donors (Lipinski definition) is 1. The second-order valence-corrected chi connectivity index (χ2v) is 3.46. The van der Waals surface area contributed by atoms with Crippen molar-refractivity contribution < 1.29 is 9.18 Å². The molecule has 18 heavy (non-hydrogen) atoms. The Labute approximate surface area is 99.7 Å². The fourth-order valence-electron chi connectivity index (χ4n) is 1.50. The number of nitrogens with two attached hydrogens (primary N) is 1. The molecular weight excluding hydrogens is 241 g/mol.